The Morgan fingerprint density at radius 3 is 2.07 bits per heavy atom. The average Bonchev–Trinajstić information content (AvgIpc) is 3.42. The summed E-state index contributed by atoms with van der Waals surface area (Å²) >= 11 is 0. The number of carbonyl (C=O) groups excluding carboxylic acids is 2. The lowest BCUT2D eigenvalue weighted by atomic mass is 9.94. The van der Waals surface area contributed by atoms with Crippen molar-refractivity contribution in [2.45, 2.75) is 45.8 Å². The van der Waals surface area contributed by atoms with E-state index < -0.39 is 0 Å². The van der Waals surface area contributed by atoms with Gasteiger partial charge in [-0.15, -0.1) is 0 Å². The molecule has 1 amide bonds. The largest absolute Gasteiger partial charge is 0.496 e. The van der Waals surface area contributed by atoms with Gasteiger partial charge in [-0.25, -0.2) is 4.79 Å². The van der Waals surface area contributed by atoms with E-state index in [9.17, 15) is 9.59 Å². The molecule has 0 unspecified atom stereocenters. The van der Waals surface area contributed by atoms with Crippen molar-refractivity contribution in [3.63, 3.8) is 0 Å². The fourth-order valence-corrected chi connectivity index (χ4v) is 6.19. The summed E-state index contributed by atoms with van der Waals surface area (Å²) < 4.78 is 16.7. The monoisotopic (exact) mass is 568 g/mol. The topological polar surface area (TPSA) is 68.3 Å². The number of cyclic esters (lactones) is 1. The molecule has 3 aromatic carbocycles. The third kappa shape index (κ3) is 6.07. The van der Waals surface area contributed by atoms with Gasteiger partial charge in [-0.05, 0) is 43.4 Å². The second-order valence-electron chi connectivity index (χ2n) is 11.0. The number of nitrogens with zero attached hydrogens (tertiary/aromatic N) is 2. The molecular weight excluding hydrogens is 528 g/mol. The van der Waals surface area contributed by atoms with Gasteiger partial charge in [0.05, 0.1) is 20.3 Å². The molecule has 0 saturated carbocycles. The Bertz CT molecular complexity index is 1400. The predicted octanol–water partition coefficient (Wildman–Crippen LogP) is 5.89. The van der Waals surface area contributed by atoms with Gasteiger partial charge in [0.1, 0.15) is 23.7 Å². The van der Waals surface area contributed by atoms with Gasteiger partial charge in [-0.2, -0.15) is 0 Å². The molecule has 5 rings (SSSR count). The van der Waals surface area contributed by atoms with Crippen LogP contribution in [0, 0.1) is 6.92 Å². The van der Waals surface area contributed by atoms with Crippen LogP contribution in [-0.2, 0) is 22.6 Å². The smallest absolute Gasteiger partial charge is 0.342 e. The Balaban J connectivity index is 1.20. The number of methoxy groups -OCH3 is 2. The Labute approximate surface area is 248 Å². The fourth-order valence-electron chi connectivity index (χ4n) is 6.19. The SMILES string of the molecule is COc1c(C)c2c(c(OC)c1CC=C(C)CCC(=O)N1CCN(C(c3ccccc3)c3ccccc3)CC1)C(=O)OC2. The molecule has 0 bridgehead atoms. The number of benzene rings is 3. The summed E-state index contributed by atoms with van der Waals surface area (Å²) in [7, 11) is 3.20. The Morgan fingerprint density at radius 1 is 0.905 bits per heavy atom. The van der Waals surface area contributed by atoms with Gasteiger partial charge in [0.25, 0.3) is 0 Å². The molecule has 2 aliphatic heterocycles. The van der Waals surface area contributed by atoms with Crippen molar-refractivity contribution in [1.29, 1.82) is 0 Å². The normalized spacial score (nSPS) is 15.5. The zero-order valence-corrected chi connectivity index (χ0v) is 25.0. The molecule has 0 atom stereocenters. The summed E-state index contributed by atoms with van der Waals surface area (Å²) in [5, 5.41) is 0. The van der Waals surface area contributed by atoms with Crippen LogP contribution in [0.25, 0.3) is 0 Å². The summed E-state index contributed by atoms with van der Waals surface area (Å²) in [6, 6.07) is 21.4. The zero-order chi connectivity index (χ0) is 29.6. The maximum atomic E-state index is 13.2. The standard InChI is InChI=1S/C35H40N2O5/c1-24(15-17-28-33(40-3)25(2)29-23-42-35(39)31(29)34(28)41-4)16-18-30(38)36-19-21-37(22-20-36)32(26-11-7-5-8-12-26)27-13-9-6-10-14-27/h5-15,32H,16-23H2,1-4H3. The highest BCUT2D eigenvalue weighted by Gasteiger charge is 2.33. The Morgan fingerprint density at radius 2 is 1.50 bits per heavy atom. The van der Waals surface area contributed by atoms with Gasteiger partial charge in [-0.3, -0.25) is 9.69 Å². The minimum Gasteiger partial charge on any atom is -0.496 e. The Kier molecular flexibility index (Phi) is 9.28. The molecule has 2 heterocycles. The van der Waals surface area contributed by atoms with Crippen LogP contribution in [0.4, 0.5) is 0 Å². The molecule has 0 N–H and O–H groups in total. The van der Waals surface area contributed by atoms with Crippen LogP contribution >= 0.6 is 0 Å². The average molecular weight is 569 g/mol. The summed E-state index contributed by atoms with van der Waals surface area (Å²) in [6.45, 7) is 7.32. The predicted molar refractivity (Wildman–Crippen MR) is 163 cm³/mol. The maximum absolute atomic E-state index is 13.2. The van der Waals surface area contributed by atoms with Gasteiger partial charge in [0, 0.05) is 43.7 Å². The quantitative estimate of drug-likeness (QED) is 0.225. The van der Waals surface area contributed by atoms with E-state index in [2.05, 4.69) is 59.5 Å². The molecule has 0 spiro atoms. The van der Waals surface area contributed by atoms with Crippen molar-refractivity contribution < 1.29 is 23.8 Å². The highest BCUT2D eigenvalue weighted by molar-refractivity contribution is 5.98. The van der Waals surface area contributed by atoms with Crippen molar-refractivity contribution >= 4 is 11.9 Å². The number of fused-ring (bicyclic) bond motifs is 1. The molecule has 3 aromatic rings. The van der Waals surface area contributed by atoms with E-state index in [1.54, 1.807) is 14.2 Å². The van der Waals surface area contributed by atoms with Gasteiger partial charge >= 0.3 is 5.97 Å². The lowest BCUT2D eigenvalue weighted by molar-refractivity contribution is -0.133. The van der Waals surface area contributed by atoms with Gasteiger partial charge in [0.2, 0.25) is 5.91 Å². The molecule has 0 aliphatic carbocycles. The van der Waals surface area contributed by atoms with Crippen LogP contribution in [0.15, 0.2) is 72.3 Å². The first kappa shape index (κ1) is 29.4. The van der Waals surface area contributed by atoms with Gasteiger partial charge < -0.3 is 19.1 Å². The van der Waals surface area contributed by atoms with Gasteiger partial charge in [0.15, 0.2) is 0 Å². The van der Waals surface area contributed by atoms with E-state index in [1.165, 1.54) is 11.1 Å². The molecule has 1 saturated heterocycles. The van der Waals surface area contributed by atoms with E-state index >= 15 is 0 Å². The number of ether oxygens (including phenoxy) is 3. The van der Waals surface area contributed by atoms with Crippen molar-refractivity contribution in [3.05, 3.63) is 106 Å². The first-order valence-corrected chi connectivity index (χ1v) is 14.6. The van der Waals surface area contributed by atoms with Crippen LogP contribution in [0.1, 0.15) is 64.0 Å². The summed E-state index contributed by atoms with van der Waals surface area (Å²) in [5.41, 5.74) is 6.69. The lowest BCUT2D eigenvalue weighted by Gasteiger charge is -2.40. The van der Waals surface area contributed by atoms with Crippen LogP contribution in [0.3, 0.4) is 0 Å². The number of esters is 1. The number of piperazine rings is 1. The molecule has 2 aliphatic rings. The molecule has 220 valence electrons. The van der Waals surface area contributed by atoms with Crippen LogP contribution in [0.2, 0.25) is 0 Å². The third-order valence-corrected chi connectivity index (χ3v) is 8.48. The number of amides is 1. The molecule has 0 radical (unpaired) electrons. The Hall–Kier alpha value is -4.10. The van der Waals surface area contributed by atoms with Crippen LogP contribution < -0.4 is 9.47 Å². The third-order valence-electron chi connectivity index (χ3n) is 8.48. The number of carbonyl (C=O) groups is 2. The first-order valence-electron chi connectivity index (χ1n) is 14.6. The second-order valence-corrected chi connectivity index (χ2v) is 11.0. The lowest BCUT2D eigenvalue weighted by Crippen LogP contribution is -2.49. The highest BCUT2D eigenvalue weighted by Crippen LogP contribution is 2.42. The van der Waals surface area contributed by atoms with E-state index in [0.29, 0.717) is 36.3 Å². The summed E-state index contributed by atoms with van der Waals surface area (Å²) in [5.74, 6) is 1.05. The van der Waals surface area contributed by atoms with E-state index in [4.69, 9.17) is 14.2 Å². The first-order chi connectivity index (χ1) is 20.4. The van der Waals surface area contributed by atoms with Crippen molar-refractivity contribution in [2.75, 3.05) is 40.4 Å². The van der Waals surface area contributed by atoms with E-state index in [1.807, 2.05) is 30.9 Å². The number of hydrogen-bond acceptors (Lipinski definition) is 6. The molecule has 7 heteroatoms. The second kappa shape index (κ2) is 13.3. The molecule has 7 nitrogen and oxygen atoms in total. The van der Waals surface area contributed by atoms with Crippen LogP contribution in [0.5, 0.6) is 11.5 Å². The maximum Gasteiger partial charge on any atom is 0.342 e. The van der Waals surface area contributed by atoms with Crippen molar-refractivity contribution in [2.24, 2.45) is 0 Å². The van der Waals surface area contributed by atoms with Gasteiger partial charge in [-0.1, -0.05) is 72.3 Å². The zero-order valence-electron chi connectivity index (χ0n) is 25.0. The highest BCUT2D eigenvalue weighted by atomic mass is 16.5. The number of allylic oxidation sites excluding steroid dienone is 2. The van der Waals surface area contributed by atoms with Crippen LogP contribution in [-0.4, -0.2) is 62.1 Å². The van der Waals surface area contributed by atoms with E-state index in [-0.39, 0.29) is 24.5 Å². The van der Waals surface area contributed by atoms with E-state index in [0.717, 1.165) is 48.4 Å². The van der Waals surface area contributed by atoms with Crippen molar-refractivity contribution in [3.8, 4) is 11.5 Å². The molecular formula is C35H40N2O5. The molecule has 0 aromatic heterocycles. The fraction of sp³-hybridized carbons (Fsp3) is 0.371. The number of hydrogen-bond donors (Lipinski definition) is 0. The number of rotatable bonds is 10. The van der Waals surface area contributed by atoms with Crippen molar-refractivity contribution in [1.82, 2.24) is 9.80 Å². The molecule has 42 heavy (non-hydrogen) atoms. The molecule has 1 fully saturated rings. The minimum atomic E-state index is -0.362. The minimum absolute atomic E-state index is 0.175. The summed E-state index contributed by atoms with van der Waals surface area (Å²) in [6.07, 6.45) is 3.77. The summed E-state index contributed by atoms with van der Waals surface area (Å²) in [4.78, 5) is 30.1.